The first kappa shape index (κ1) is 25.6. The van der Waals surface area contributed by atoms with Gasteiger partial charge in [0.15, 0.2) is 17.8 Å². The van der Waals surface area contributed by atoms with Crippen LogP contribution in [0.15, 0.2) is 18.2 Å². The highest BCUT2D eigenvalue weighted by molar-refractivity contribution is 5.76. The summed E-state index contributed by atoms with van der Waals surface area (Å²) in [6, 6.07) is 4.41. The number of methoxy groups -OCH3 is 1. The second-order valence-corrected chi connectivity index (χ2v) is 4.89. The summed E-state index contributed by atoms with van der Waals surface area (Å²) in [5.74, 6) is 0.354. The van der Waals surface area contributed by atoms with Gasteiger partial charge in [0.25, 0.3) is 0 Å². The molecule has 0 aromatic heterocycles. The zero-order chi connectivity index (χ0) is 19.7. The highest BCUT2D eigenvalue weighted by Gasteiger charge is 2.00. The van der Waals surface area contributed by atoms with Gasteiger partial charge in [0, 0.05) is 25.4 Å². The Morgan fingerprint density at radius 3 is 2.04 bits per heavy atom. The molecule has 0 spiro atoms. The van der Waals surface area contributed by atoms with E-state index in [1.54, 1.807) is 6.92 Å². The summed E-state index contributed by atoms with van der Waals surface area (Å²) in [6.07, 6.45) is 0.794. The van der Waals surface area contributed by atoms with Crippen LogP contribution in [0.25, 0.3) is 0 Å². The number of phenols is 1. The number of hydrogen-bond donors (Lipinski definition) is 3. The standard InChI is InChI=1S/C8H8O3.C6H14O2.C4H10O2/c1-11-8-4-6(5-9)2-3-7(8)10;1-4-7-6(3)8-5-2;1-4(6)2-3-5/h2-5,10H,1H3;6H,4-5H2,1-3H3;4-6H,2-3H2,1H3. The SMILES string of the molecule is CC(O)CCO.CCOC(C)OCC.COc1cc(C=O)ccc1O. The molecule has 0 aliphatic rings. The fourth-order valence-electron chi connectivity index (χ4n) is 1.47. The predicted molar refractivity (Wildman–Crippen MR) is 96.1 cm³/mol. The van der Waals surface area contributed by atoms with E-state index in [2.05, 4.69) is 0 Å². The van der Waals surface area contributed by atoms with Crippen molar-refractivity contribution in [2.24, 2.45) is 0 Å². The molecule has 3 N–H and O–H groups in total. The molecule has 0 radical (unpaired) electrons. The number of rotatable bonds is 8. The van der Waals surface area contributed by atoms with Gasteiger partial charge in [0.05, 0.1) is 13.2 Å². The van der Waals surface area contributed by atoms with Crippen LogP contribution in [-0.2, 0) is 9.47 Å². The van der Waals surface area contributed by atoms with Gasteiger partial charge in [-0.25, -0.2) is 0 Å². The van der Waals surface area contributed by atoms with Gasteiger partial charge in [-0.15, -0.1) is 0 Å². The number of aldehydes is 1. The normalized spacial score (nSPS) is 10.9. The fourth-order valence-corrected chi connectivity index (χ4v) is 1.47. The van der Waals surface area contributed by atoms with Gasteiger partial charge in [-0.3, -0.25) is 4.79 Å². The maximum Gasteiger partial charge on any atom is 0.161 e. The molecule has 7 heteroatoms. The van der Waals surface area contributed by atoms with Crippen molar-refractivity contribution in [2.75, 3.05) is 26.9 Å². The van der Waals surface area contributed by atoms with Gasteiger partial charge in [-0.05, 0) is 52.3 Å². The van der Waals surface area contributed by atoms with E-state index < -0.39 is 0 Å². The average Bonchev–Trinajstić information content (AvgIpc) is 2.57. The van der Waals surface area contributed by atoms with E-state index in [1.807, 2.05) is 20.8 Å². The number of aliphatic hydroxyl groups excluding tert-OH is 2. The van der Waals surface area contributed by atoms with Gasteiger partial charge in [0.1, 0.15) is 6.29 Å². The van der Waals surface area contributed by atoms with Crippen molar-refractivity contribution < 1.29 is 34.3 Å². The van der Waals surface area contributed by atoms with Crippen molar-refractivity contribution in [1.82, 2.24) is 0 Å². The topological polar surface area (TPSA) is 105 Å². The molecule has 0 bridgehead atoms. The van der Waals surface area contributed by atoms with E-state index >= 15 is 0 Å². The van der Waals surface area contributed by atoms with E-state index in [0.29, 0.717) is 24.0 Å². The molecule has 1 aromatic carbocycles. The van der Waals surface area contributed by atoms with Gasteiger partial charge in [-0.2, -0.15) is 0 Å². The Balaban J connectivity index is 0. The lowest BCUT2D eigenvalue weighted by Crippen LogP contribution is -2.11. The molecule has 0 aliphatic heterocycles. The molecule has 0 aliphatic carbocycles. The number of hydrogen-bond acceptors (Lipinski definition) is 7. The molecule has 25 heavy (non-hydrogen) atoms. The van der Waals surface area contributed by atoms with Gasteiger partial charge < -0.3 is 29.5 Å². The molecule has 146 valence electrons. The van der Waals surface area contributed by atoms with Crippen LogP contribution in [0.5, 0.6) is 11.5 Å². The summed E-state index contributed by atoms with van der Waals surface area (Å²) >= 11 is 0. The molecule has 1 aromatic rings. The van der Waals surface area contributed by atoms with Crippen LogP contribution in [0.1, 0.15) is 44.5 Å². The minimum Gasteiger partial charge on any atom is -0.504 e. The Morgan fingerprint density at radius 2 is 1.72 bits per heavy atom. The van der Waals surface area contributed by atoms with Crippen molar-refractivity contribution in [1.29, 1.82) is 0 Å². The average molecular weight is 360 g/mol. The zero-order valence-electron chi connectivity index (χ0n) is 15.8. The number of aromatic hydroxyl groups is 1. The van der Waals surface area contributed by atoms with Gasteiger partial charge in [-0.1, -0.05) is 0 Å². The first-order valence-electron chi connectivity index (χ1n) is 8.20. The molecule has 0 saturated heterocycles. The second-order valence-electron chi connectivity index (χ2n) is 4.89. The highest BCUT2D eigenvalue weighted by Crippen LogP contribution is 2.25. The molecule has 1 unspecified atom stereocenters. The molecule has 0 amide bonds. The van der Waals surface area contributed by atoms with E-state index in [4.69, 9.17) is 29.5 Å². The first-order chi connectivity index (χ1) is 11.9. The summed E-state index contributed by atoms with van der Waals surface area (Å²) < 4.78 is 14.9. The van der Waals surface area contributed by atoms with Crippen LogP contribution in [0.2, 0.25) is 0 Å². The predicted octanol–water partition coefficient (Wildman–Crippen LogP) is 2.37. The Morgan fingerprint density at radius 1 is 1.16 bits per heavy atom. The minimum absolute atomic E-state index is 0.0370. The van der Waals surface area contributed by atoms with E-state index in [-0.39, 0.29) is 24.8 Å². The molecule has 0 saturated carbocycles. The number of aliphatic hydroxyl groups is 2. The summed E-state index contributed by atoms with van der Waals surface area (Å²) in [5.41, 5.74) is 0.486. The molecule has 1 atom stereocenters. The maximum atomic E-state index is 10.2. The Kier molecular flexibility index (Phi) is 17.6. The molecule has 0 heterocycles. The minimum atomic E-state index is -0.352. The third-order valence-corrected chi connectivity index (χ3v) is 2.69. The molecular formula is C18H32O7. The molecular weight excluding hydrogens is 328 g/mol. The maximum absolute atomic E-state index is 10.2. The largest absolute Gasteiger partial charge is 0.504 e. The Bertz CT molecular complexity index is 429. The fraction of sp³-hybridized carbons (Fsp3) is 0.611. The Hall–Kier alpha value is -1.67. The van der Waals surface area contributed by atoms with Crippen LogP contribution in [-0.4, -0.2) is 60.9 Å². The number of ether oxygens (including phenoxy) is 3. The lowest BCUT2D eigenvalue weighted by molar-refractivity contribution is -0.123. The highest BCUT2D eigenvalue weighted by atomic mass is 16.7. The van der Waals surface area contributed by atoms with Crippen molar-refractivity contribution in [2.45, 2.75) is 46.5 Å². The van der Waals surface area contributed by atoms with Crippen LogP contribution >= 0.6 is 0 Å². The molecule has 1 rings (SSSR count). The number of carbonyl (C=O) groups excluding carboxylic acids is 1. The third-order valence-electron chi connectivity index (χ3n) is 2.69. The van der Waals surface area contributed by atoms with Crippen molar-refractivity contribution in [3.63, 3.8) is 0 Å². The van der Waals surface area contributed by atoms with E-state index in [1.165, 1.54) is 25.3 Å². The second kappa shape index (κ2) is 17.2. The van der Waals surface area contributed by atoms with Crippen LogP contribution in [0, 0.1) is 0 Å². The number of carbonyl (C=O) groups is 1. The number of phenolic OH excluding ortho intramolecular Hbond substituents is 1. The molecule has 7 nitrogen and oxygen atoms in total. The summed E-state index contributed by atoms with van der Waals surface area (Å²) in [5, 5.41) is 25.6. The summed E-state index contributed by atoms with van der Waals surface area (Å²) in [6.45, 7) is 8.98. The van der Waals surface area contributed by atoms with Crippen LogP contribution in [0.3, 0.4) is 0 Å². The Labute approximate surface area is 150 Å². The lowest BCUT2D eigenvalue weighted by atomic mass is 10.2. The van der Waals surface area contributed by atoms with Gasteiger partial charge >= 0.3 is 0 Å². The van der Waals surface area contributed by atoms with Crippen LogP contribution in [0.4, 0.5) is 0 Å². The molecule has 0 fully saturated rings. The van der Waals surface area contributed by atoms with E-state index in [9.17, 15) is 4.79 Å². The first-order valence-corrected chi connectivity index (χ1v) is 8.20. The van der Waals surface area contributed by atoms with Crippen molar-refractivity contribution in [3.8, 4) is 11.5 Å². The monoisotopic (exact) mass is 360 g/mol. The smallest absolute Gasteiger partial charge is 0.161 e. The van der Waals surface area contributed by atoms with Crippen molar-refractivity contribution >= 4 is 6.29 Å². The summed E-state index contributed by atoms with van der Waals surface area (Å²) in [7, 11) is 1.43. The summed E-state index contributed by atoms with van der Waals surface area (Å²) in [4.78, 5) is 10.2. The lowest BCUT2D eigenvalue weighted by Gasteiger charge is -2.09. The third kappa shape index (κ3) is 15.6. The van der Waals surface area contributed by atoms with E-state index in [0.717, 1.165) is 13.2 Å². The van der Waals surface area contributed by atoms with Crippen molar-refractivity contribution in [3.05, 3.63) is 23.8 Å². The number of benzene rings is 1. The van der Waals surface area contributed by atoms with Gasteiger partial charge in [0.2, 0.25) is 0 Å². The zero-order valence-corrected chi connectivity index (χ0v) is 15.8. The quantitative estimate of drug-likeness (QED) is 0.483. The van der Waals surface area contributed by atoms with Crippen LogP contribution < -0.4 is 4.74 Å².